The quantitative estimate of drug-likeness (QED) is 0.635. The van der Waals surface area contributed by atoms with Gasteiger partial charge in [0.2, 0.25) is 0 Å². The van der Waals surface area contributed by atoms with Crippen LogP contribution in [0.15, 0.2) is 30.5 Å². The molecule has 0 spiro atoms. The third-order valence-corrected chi connectivity index (χ3v) is 5.02. The molecule has 2 atom stereocenters. The summed E-state index contributed by atoms with van der Waals surface area (Å²) < 4.78 is 47.1. The highest BCUT2D eigenvalue weighted by molar-refractivity contribution is 5.73. The second-order valence-corrected chi connectivity index (χ2v) is 6.98. The summed E-state index contributed by atoms with van der Waals surface area (Å²) in [4.78, 5) is 13.3. The number of benzene rings is 1. The Bertz CT molecular complexity index is 821. The molecule has 6 nitrogen and oxygen atoms in total. The summed E-state index contributed by atoms with van der Waals surface area (Å²) >= 11 is 0. The molecule has 0 saturated carbocycles. The molecule has 2 aromatic rings. The van der Waals surface area contributed by atoms with E-state index >= 15 is 0 Å². The zero-order chi connectivity index (χ0) is 22.3. The number of imidazole rings is 1. The van der Waals surface area contributed by atoms with E-state index in [1.54, 1.807) is 12.1 Å². The molecule has 0 aliphatic carbocycles. The third-order valence-electron chi connectivity index (χ3n) is 5.02. The van der Waals surface area contributed by atoms with Crippen LogP contribution in [-0.2, 0) is 17.9 Å². The van der Waals surface area contributed by atoms with Crippen molar-refractivity contribution >= 4 is 5.97 Å². The number of rotatable bonds is 5. The maximum Gasteiger partial charge on any atom is 0.490 e. The van der Waals surface area contributed by atoms with E-state index in [1.165, 1.54) is 11.3 Å². The van der Waals surface area contributed by atoms with Gasteiger partial charge in [0.15, 0.2) is 0 Å². The number of carboxylic acid groups (broad SMARTS) is 1. The molecule has 2 unspecified atom stereocenters. The third kappa shape index (κ3) is 6.53. The Morgan fingerprint density at radius 3 is 2.53 bits per heavy atom. The maximum atomic E-state index is 13.2. The fraction of sp³-hybridized carbons (Fsp3) is 0.500. The zero-order valence-corrected chi connectivity index (χ0v) is 16.8. The minimum absolute atomic E-state index is 0.172. The molecule has 3 N–H and O–H groups in total. The molecule has 3 rings (SSSR count). The lowest BCUT2D eigenvalue weighted by atomic mass is 9.86. The smallest absolute Gasteiger partial charge is 0.475 e. The minimum Gasteiger partial charge on any atom is -0.475 e. The van der Waals surface area contributed by atoms with E-state index in [1.807, 2.05) is 25.3 Å². The fourth-order valence-corrected chi connectivity index (χ4v) is 3.51. The predicted molar refractivity (Wildman–Crippen MR) is 104 cm³/mol. The number of aliphatic carboxylic acids is 1. The van der Waals surface area contributed by atoms with Crippen LogP contribution in [0.4, 0.5) is 17.6 Å². The molecule has 0 amide bonds. The van der Waals surface area contributed by atoms with Crippen molar-refractivity contribution in [3.05, 3.63) is 53.4 Å². The SMILES string of the molecule is CCn1c(CNC2CNCCC2c2ccc(F)cc2)cnc1C.O=C(O)C(F)(F)F. The number of aromatic nitrogens is 2. The van der Waals surface area contributed by atoms with Gasteiger partial charge >= 0.3 is 12.1 Å². The monoisotopic (exact) mass is 430 g/mol. The van der Waals surface area contributed by atoms with E-state index in [2.05, 4.69) is 27.1 Å². The largest absolute Gasteiger partial charge is 0.490 e. The summed E-state index contributed by atoms with van der Waals surface area (Å²) in [7, 11) is 0. The molecule has 0 radical (unpaired) electrons. The summed E-state index contributed by atoms with van der Waals surface area (Å²) in [5.41, 5.74) is 2.43. The first kappa shape index (κ1) is 23.8. The van der Waals surface area contributed by atoms with Crippen molar-refractivity contribution in [1.29, 1.82) is 0 Å². The first-order chi connectivity index (χ1) is 14.1. The van der Waals surface area contributed by atoms with Gasteiger partial charge in [0.05, 0.1) is 5.69 Å². The number of hydrogen-bond acceptors (Lipinski definition) is 4. The lowest BCUT2D eigenvalue weighted by Gasteiger charge is -2.33. The molecule has 0 bridgehead atoms. The zero-order valence-electron chi connectivity index (χ0n) is 16.8. The lowest BCUT2D eigenvalue weighted by Crippen LogP contribution is -2.47. The van der Waals surface area contributed by atoms with Crippen molar-refractivity contribution in [2.45, 2.75) is 51.5 Å². The fourth-order valence-electron chi connectivity index (χ4n) is 3.51. The van der Waals surface area contributed by atoms with Crippen molar-refractivity contribution in [2.24, 2.45) is 0 Å². The molecular formula is C20H26F4N4O2. The van der Waals surface area contributed by atoms with Gasteiger partial charge in [-0.1, -0.05) is 12.1 Å². The van der Waals surface area contributed by atoms with Crippen LogP contribution in [0.3, 0.4) is 0 Å². The first-order valence-electron chi connectivity index (χ1n) is 9.64. The Kier molecular flexibility index (Phi) is 8.36. The number of nitrogens with one attached hydrogen (secondary N) is 2. The Hall–Kier alpha value is -2.46. The van der Waals surface area contributed by atoms with Gasteiger partial charge in [0.25, 0.3) is 0 Å². The Labute approximate surface area is 172 Å². The second kappa shape index (κ2) is 10.5. The predicted octanol–water partition coefficient (Wildman–Crippen LogP) is 3.22. The van der Waals surface area contributed by atoms with Crippen LogP contribution in [0.5, 0.6) is 0 Å². The number of alkyl halides is 3. The molecule has 30 heavy (non-hydrogen) atoms. The van der Waals surface area contributed by atoms with E-state index in [0.717, 1.165) is 38.4 Å². The number of nitrogens with zero attached hydrogens (tertiary/aromatic N) is 2. The molecular weight excluding hydrogens is 404 g/mol. The van der Waals surface area contributed by atoms with E-state index < -0.39 is 12.1 Å². The van der Waals surface area contributed by atoms with Crippen molar-refractivity contribution in [3.8, 4) is 0 Å². The van der Waals surface area contributed by atoms with Crippen molar-refractivity contribution < 1.29 is 27.5 Å². The summed E-state index contributed by atoms with van der Waals surface area (Å²) in [5.74, 6) is -1.46. The van der Waals surface area contributed by atoms with E-state index in [4.69, 9.17) is 9.90 Å². The summed E-state index contributed by atoms with van der Waals surface area (Å²) in [6.45, 7) is 7.86. The van der Waals surface area contributed by atoms with Gasteiger partial charge in [0, 0.05) is 37.8 Å². The number of halogens is 4. The number of carbonyl (C=O) groups is 1. The number of piperidine rings is 1. The van der Waals surface area contributed by atoms with E-state index in [-0.39, 0.29) is 5.82 Å². The van der Waals surface area contributed by atoms with Gasteiger partial charge in [0.1, 0.15) is 11.6 Å². The van der Waals surface area contributed by atoms with Gasteiger partial charge in [-0.3, -0.25) is 0 Å². The van der Waals surface area contributed by atoms with Crippen molar-refractivity contribution in [1.82, 2.24) is 20.2 Å². The summed E-state index contributed by atoms with van der Waals surface area (Å²) in [6, 6.07) is 7.30. The van der Waals surface area contributed by atoms with Gasteiger partial charge in [-0.25, -0.2) is 14.2 Å². The molecule has 1 aliphatic rings. The normalized spacial score (nSPS) is 19.1. The lowest BCUT2D eigenvalue weighted by molar-refractivity contribution is -0.192. The van der Waals surface area contributed by atoms with Crippen LogP contribution < -0.4 is 10.6 Å². The van der Waals surface area contributed by atoms with Crippen LogP contribution in [0, 0.1) is 12.7 Å². The van der Waals surface area contributed by atoms with Crippen LogP contribution in [-0.4, -0.2) is 45.9 Å². The van der Waals surface area contributed by atoms with Crippen molar-refractivity contribution in [3.63, 3.8) is 0 Å². The van der Waals surface area contributed by atoms with Gasteiger partial charge in [-0.05, 0) is 44.5 Å². The number of hydrogen-bond donors (Lipinski definition) is 3. The van der Waals surface area contributed by atoms with E-state index in [9.17, 15) is 17.6 Å². The van der Waals surface area contributed by atoms with Gasteiger partial charge < -0.3 is 20.3 Å². The molecule has 1 fully saturated rings. The molecule has 10 heteroatoms. The minimum atomic E-state index is -5.08. The van der Waals surface area contributed by atoms with Crippen LogP contribution in [0.25, 0.3) is 0 Å². The highest BCUT2D eigenvalue weighted by Gasteiger charge is 2.38. The molecule has 1 aromatic heterocycles. The Morgan fingerprint density at radius 2 is 1.97 bits per heavy atom. The summed E-state index contributed by atoms with van der Waals surface area (Å²) in [5, 5.41) is 14.3. The molecule has 1 aromatic carbocycles. The van der Waals surface area contributed by atoms with E-state index in [0.29, 0.717) is 12.0 Å². The van der Waals surface area contributed by atoms with Crippen LogP contribution in [0.2, 0.25) is 0 Å². The molecule has 1 saturated heterocycles. The molecule has 2 heterocycles. The van der Waals surface area contributed by atoms with Crippen LogP contribution >= 0.6 is 0 Å². The number of aryl methyl sites for hydroxylation is 1. The summed E-state index contributed by atoms with van der Waals surface area (Å²) in [6.07, 6.45) is -2.07. The molecule has 166 valence electrons. The van der Waals surface area contributed by atoms with Crippen LogP contribution in [0.1, 0.15) is 36.3 Å². The highest BCUT2D eigenvalue weighted by Crippen LogP contribution is 2.26. The average Bonchev–Trinajstić information content (AvgIpc) is 3.06. The topological polar surface area (TPSA) is 79.2 Å². The standard InChI is InChI=1S/C18H25FN4.C2HF3O2/c1-3-23-13(2)21-10-16(23)11-22-18-12-20-9-8-17(18)14-4-6-15(19)7-5-14;3-2(4,5)1(6)7/h4-7,10,17-18,20,22H,3,8-9,11-12H2,1-2H3;(H,6,7). The van der Waals surface area contributed by atoms with Gasteiger partial charge in [-0.15, -0.1) is 0 Å². The first-order valence-corrected chi connectivity index (χ1v) is 9.64. The van der Waals surface area contributed by atoms with Gasteiger partial charge in [-0.2, -0.15) is 13.2 Å². The second-order valence-electron chi connectivity index (χ2n) is 6.98. The maximum absolute atomic E-state index is 13.2. The molecule has 1 aliphatic heterocycles. The Balaban J connectivity index is 0.000000396. The Morgan fingerprint density at radius 1 is 1.33 bits per heavy atom. The highest BCUT2D eigenvalue weighted by atomic mass is 19.4. The number of carboxylic acids is 1. The van der Waals surface area contributed by atoms with Crippen molar-refractivity contribution in [2.75, 3.05) is 13.1 Å². The average molecular weight is 430 g/mol.